The summed E-state index contributed by atoms with van der Waals surface area (Å²) >= 11 is 0. The lowest BCUT2D eigenvalue weighted by Gasteiger charge is -2.10. The number of hydrogen-bond acceptors (Lipinski definition) is 8. The van der Waals surface area contributed by atoms with E-state index in [-0.39, 0.29) is 12.2 Å². The molecule has 140 valence electrons. The maximum Gasteiger partial charge on any atom is 0.332 e. The average Bonchev–Trinajstić information content (AvgIpc) is 3.06. The first kappa shape index (κ1) is 18.1. The molecule has 2 N–H and O–H groups in total. The van der Waals surface area contributed by atoms with E-state index in [9.17, 15) is 19.2 Å². The number of nitrogens with zero attached hydrogens (tertiary/aromatic N) is 3. The van der Waals surface area contributed by atoms with Crippen LogP contribution in [0.4, 0.5) is 5.82 Å². The molecule has 10 nitrogen and oxygen atoms in total. The third-order valence-corrected chi connectivity index (χ3v) is 4.12. The number of ether oxygens (including phenoxy) is 1. The van der Waals surface area contributed by atoms with E-state index >= 15 is 0 Å². The molecule has 0 aliphatic rings. The summed E-state index contributed by atoms with van der Waals surface area (Å²) in [6.45, 7) is -0.688. The number of carbonyl (C=O) groups is 2. The number of esters is 1. The predicted molar refractivity (Wildman–Crippen MR) is 94.3 cm³/mol. The van der Waals surface area contributed by atoms with Crippen molar-refractivity contribution in [2.45, 2.75) is 6.42 Å². The normalized spacial score (nSPS) is 10.9. The molecule has 0 aliphatic carbocycles. The molecule has 0 amide bonds. The fraction of sp³-hybridized carbons (Fsp3) is 0.235. The first-order valence-corrected chi connectivity index (χ1v) is 7.89. The highest BCUT2D eigenvalue weighted by atomic mass is 16.5. The summed E-state index contributed by atoms with van der Waals surface area (Å²) < 4.78 is 11.8. The van der Waals surface area contributed by atoms with Gasteiger partial charge in [0.25, 0.3) is 5.56 Å². The molecule has 0 saturated heterocycles. The smallest absolute Gasteiger partial charge is 0.332 e. The van der Waals surface area contributed by atoms with Gasteiger partial charge in [-0.05, 0) is 12.1 Å². The summed E-state index contributed by atoms with van der Waals surface area (Å²) in [7, 11) is 2.55. The number of ketones is 1. The van der Waals surface area contributed by atoms with E-state index in [1.807, 2.05) is 0 Å². The minimum atomic E-state index is -0.848. The van der Waals surface area contributed by atoms with E-state index in [1.165, 1.54) is 14.1 Å². The Balaban J connectivity index is 1.74. The van der Waals surface area contributed by atoms with Gasteiger partial charge >= 0.3 is 11.7 Å². The molecule has 3 rings (SSSR count). The van der Waals surface area contributed by atoms with Crippen molar-refractivity contribution in [1.82, 2.24) is 14.3 Å². The lowest BCUT2D eigenvalue weighted by atomic mass is 10.2. The van der Waals surface area contributed by atoms with Gasteiger partial charge in [0.1, 0.15) is 17.1 Å². The Kier molecular flexibility index (Phi) is 4.63. The van der Waals surface area contributed by atoms with Crippen molar-refractivity contribution in [2.24, 2.45) is 14.1 Å². The zero-order valence-electron chi connectivity index (χ0n) is 14.6. The van der Waals surface area contributed by atoms with Gasteiger partial charge in [-0.3, -0.25) is 23.5 Å². The zero-order chi connectivity index (χ0) is 19.7. The second-order valence-electron chi connectivity index (χ2n) is 5.85. The molecule has 1 aromatic carbocycles. The van der Waals surface area contributed by atoms with Crippen molar-refractivity contribution < 1.29 is 18.8 Å². The Morgan fingerprint density at radius 3 is 2.63 bits per heavy atom. The number of rotatable bonds is 5. The Bertz CT molecular complexity index is 1170. The van der Waals surface area contributed by atoms with Gasteiger partial charge in [0.05, 0.1) is 6.42 Å². The number of hydrogen-bond donors (Lipinski definition) is 1. The van der Waals surface area contributed by atoms with Gasteiger partial charge in [-0.15, -0.1) is 0 Å². The van der Waals surface area contributed by atoms with Crippen molar-refractivity contribution in [3.05, 3.63) is 56.4 Å². The highest BCUT2D eigenvalue weighted by molar-refractivity contribution is 6.01. The van der Waals surface area contributed by atoms with Gasteiger partial charge < -0.3 is 15.0 Å². The largest absolute Gasteiger partial charge is 0.457 e. The van der Waals surface area contributed by atoms with Gasteiger partial charge in [-0.2, -0.15) is 0 Å². The summed E-state index contributed by atoms with van der Waals surface area (Å²) in [5, 5.41) is 4.47. The third kappa shape index (κ3) is 3.24. The number of carbonyl (C=O) groups excluding carboxylic acids is 2. The van der Waals surface area contributed by atoms with Gasteiger partial charge in [-0.1, -0.05) is 17.3 Å². The Morgan fingerprint density at radius 1 is 1.19 bits per heavy atom. The third-order valence-electron chi connectivity index (χ3n) is 4.12. The number of nitrogen functional groups attached to an aromatic ring is 1. The highest BCUT2D eigenvalue weighted by Gasteiger charge is 2.22. The van der Waals surface area contributed by atoms with Crippen LogP contribution in [-0.4, -0.2) is 32.7 Å². The molecule has 2 aromatic heterocycles. The van der Waals surface area contributed by atoms with Crippen LogP contribution in [0.5, 0.6) is 0 Å². The van der Waals surface area contributed by atoms with Gasteiger partial charge in [0, 0.05) is 19.5 Å². The molecule has 0 aliphatic heterocycles. The zero-order valence-corrected chi connectivity index (χ0v) is 14.6. The summed E-state index contributed by atoms with van der Waals surface area (Å²) in [6, 6.07) is 7.00. The molecule has 0 spiro atoms. The van der Waals surface area contributed by atoms with E-state index in [0.29, 0.717) is 16.7 Å². The topological polar surface area (TPSA) is 139 Å². The van der Waals surface area contributed by atoms with Crippen LogP contribution in [0.3, 0.4) is 0 Å². The van der Waals surface area contributed by atoms with Crippen LogP contribution in [0.25, 0.3) is 11.0 Å². The van der Waals surface area contributed by atoms with Crippen LogP contribution >= 0.6 is 0 Å². The molecule has 0 saturated carbocycles. The standard InChI is InChI=1S/C17H16N4O6/c1-20-15(18)14(16(24)21(2)17(20)25)11(22)8-26-13(23)7-10-9-5-3-4-6-12(9)27-19-10/h3-6H,7-8,18H2,1-2H3. The maximum atomic E-state index is 12.3. The van der Waals surface area contributed by atoms with Crippen LogP contribution in [0.1, 0.15) is 16.1 Å². The van der Waals surface area contributed by atoms with Gasteiger partial charge in [0.2, 0.25) is 5.78 Å². The quantitative estimate of drug-likeness (QED) is 0.479. The molecule has 3 aromatic rings. The minimum Gasteiger partial charge on any atom is -0.457 e. The van der Waals surface area contributed by atoms with Crippen molar-refractivity contribution >= 4 is 28.5 Å². The van der Waals surface area contributed by atoms with Crippen molar-refractivity contribution in [2.75, 3.05) is 12.3 Å². The summed E-state index contributed by atoms with van der Waals surface area (Å²) in [4.78, 5) is 48.2. The van der Waals surface area contributed by atoms with Crippen LogP contribution < -0.4 is 17.0 Å². The summed E-state index contributed by atoms with van der Waals surface area (Å²) in [5.41, 5.74) is 4.69. The van der Waals surface area contributed by atoms with Crippen LogP contribution in [0.2, 0.25) is 0 Å². The molecule has 0 unspecified atom stereocenters. The van der Waals surface area contributed by atoms with Crippen LogP contribution in [0.15, 0.2) is 38.4 Å². The highest BCUT2D eigenvalue weighted by Crippen LogP contribution is 2.18. The molecular formula is C17H16N4O6. The monoisotopic (exact) mass is 372 g/mol. The van der Waals surface area contributed by atoms with Crippen molar-refractivity contribution in [1.29, 1.82) is 0 Å². The fourth-order valence-electron chi connectivity index (χ4n) is 2.59. The maximum absolute atomic E-state index is 12.3. The molecule has 2 heterocycles. The fourth-order valence-corrected chi connectivity index (χ4v) is 2.59. The molecular weight excluding hydrogens is 356 g/mol. The summed E-state index contributed by atoms with van der Waals surface area (Å²) in [6.07, 6.45) is -0.203. The molecule has 27 heavy (non-hydrogen) atoms. The van der Waals surface area contributed by atoms with Gasteiger partial charge in [0.15, 0.2) is 12.2 Å². The first-order valence-electron chi connectivity index (χ1n) is 7.89. The summed E-state index contributed by atoms with van der Waals surface area (Å²) in [5.74, 6) is -1.81. The number of fused-ring (bicyclic) bond motifs is 1. The second kappa shape index (κ2) is 6.90. The van der Waals surface area contributed by atoms with E-state index in [0.717, 1.165) is 9.13 Å². The number of nitrogens with two attached hydrogens (primary N) is 1. The van der Waals surface area contributed by atoms with E-state index < -0.39 is 35.2 Å². The number of benzene rings is 1. The second-order valence-corrected chi connectivity index (χ2v) is 5.85. The van der Waals surface area contributed by atoms with Gasteiger partial charge in [-0.25, -0.2) is 4.79 Å². The number of para-hydroxylation sites is 1. The molecule has 10 heteroatoms. The molecule has 0 radical (unpaired) electrons. The van der Waals surface area contributed by atoms with Crippen LogP contribution in [-0.2, 0) is 30.0 Å². The Hall–Kier alpha value is -3.69. The predicted octanol–water partition coefficient (Wildman–Crippen LogP) is -0.224. The lowest BCUT2D eigenvalue weighted by molar-refractivity contribution is -0.141. The number of aromatic nitrogens is 3. The Labute approximate surface area is 151 Å². The SMILES string of the molecule is Cn1c(N)c(C(=O)COC(=O)Cc2noc3ccccc23)c(=O)n(C)c1=O. The molecule has 0 fully saturated rings. The van der Waals surface area contributed by atoms with E-state index in [2.05, 4.69) is 5.16 Å². The van der Waals surface area contributed by atoms with Crippen molar-refractivity contribution in [3.63, 3.8) is 0 Å². The molecule has 0 bridgehead atoms. The van der Waals surface area contributed by atoms with Crippen molar-refractivity contribution in [3.8, 4) is 0 Å². The van der Waals surface area contributed by atoms with E-state index in [4.69, 9.17) is 15.0 Å². The lowest BCUT2D eigenvalue weighted by Crippen LogP contribution is -2.42. The minimum absolute atomic E-state index is 0.203. The van der Waals surface area contributed by atoms with Crippen LogP contribution in [0, 0.1) is 0 Å². The molecule has 0 atom stereocenters. The van der Waals surface area contributed by atoms with E-state index in [1.54, 1.807) is 24.3 Å². The Morgan fingerprint density at radius 2 is 1.89 bits per heavy atom. The first-order chi connectivity index (χ1) is 12.8. The number of anilines is 1. The average molecular weight is 372 g/mol. The number of Topliss-reactive ketones (excluding diaryl/α,β-unsaturated/α-hetero) is 1.